The van der Waals surface area contributed by atoms with E-state index in [1.165, 1.54) is 4.90 Å². The maximum absolute atomic E-state index is 14.2. The predicted molar refractivity (Wildman–Crippen MR) is 158 cm³/mol. The van der Waals surface area contributed by atoms with Crippen LogP contribution in [0, 0.1) is 5.92 Å². The van der Waals surface area contributed by atoms with Crippen molar-refractivity contribution in [3.63, 3.8) is 0 Å². The highest BCUT2D eigenvalue weighted by Gasteiger charge is 2.44. The number of hydrogen-bond donors (Lipinski definition) is 0. The summed E-state index contributed by atoms with van der Waals surface area (Å²) < 4.78 is 11.5. The van der Waals surface area contributed by atoms with Gasteiger partial charge in [0.25, 0.3) is 0 Å². The van der Waals surface area contributed by atoms with Crippen LogP contribution in [-0.4, -0.2) is 78.7 Å². The lowest BCUT2D eigenvalue weighted by atomic mass is 9.82. The van der Waals surface area contributed by atoms with Gasteiger partial charge in [0.15, 0.2) is 0 Å². The SMILES string of the molecule is C/C=C(\CC)[C@@H]1C(C(=O)N(COCCS(C)(C)C)c2cccc(Cl)c2)CCC(=O)N1CC(=O)OC(C)(C)C. The Hall–Kier alpha value is -2.03. The summed E-state index contributed by atoms with van der Waals surface area (Å²) in [7, 11) is -0.744. The molecule has 1 fully saturated rings. The van der Waals surface area contributed by atoms with E-state index >= 15 is 0 Å². The lowest BCUT2D eigenvalue weighted by molar-refractivity contribution is -0.162. The van der Waals surface area contributed by atoms with E-state index in [1.807, 2.05) is 26.0 Å². The number of piperidine rings is 1. The number of likely N-dealkylation sites (tertiary alicyclic amines) is 1. The second-order valence-corrected chi connectivity index (χ2v) is 16.5. The van der Waals surface area contributed by atoms with Gasteiger partial charge in [0.05, 0.1) is 18.6 Å². The molecule has 2 rings (SSSR count). The van der Waals surface area contributed by atoms with Gasteiger partial charge in [0, 0.05) is 22.9 Å². The summed E-state index contributed by atoms with van der Waals surface area (Å²) in [4.78, 5) is 43.3. The summed E-state index contributed by atoms with van der Waals surface area (Å²) in [5, 5.41) is 0.518. The van der Waals surface area contributed by atoms with E-state index in [0.717, 1.165) is 11.3 Å². The number of esters is 1. The number of amides is 2. The van der Waals surface area contributed by atoms with E-state index < -0.39 is 33.6 Å². The fourth-order valence-electron chi connectivity index (χ4n) is 4.53. The Labute approximate surface area is 235 Å². The number of anilines is 1. The van der Waals surface area contributed by atoms with Gasteiger partial charge in [-0.1, -0.05) is 36.2 Å². The molecule has 2 amide bonds. The van der Waals surface area contributed by atoms with Crippen LogP contribution in [0.5, 0.6) is 0 Å². The van der Waals surface area contributed by atoms with Crippen molar-refractivity contribution in [2.24, 2.45) is 5.92 Å². The molecule has 1 aliphatic rings. The summed E-state index contributed by atoms with van der Waals surface area (Å²) in [6, 6.07) is 6.59. The van der Waals surface area contributed by atoms with Gasteiger partial charge in [0.1, 0.15) is 18.9 Å². The Morgan fingerprint density at radius 1 is 1.24 bits per heavy atom. The zero-order chi connectivity index (χ0) is 28.7. The fraction of sp³-hybridized carbons (Fsp3) is 0.621. The van der Waals surface area contributed by atoms with Crippen LogP contribution < -0.4 is 4.90 Å². The third kappa shape index (κ3) is 9.62. The Morgan fingerprint density at radius 3 is 2.47 bits per heavy atom. The molecule has 1 aliphatic heterocycles. The zero-order valence-corrected chi connectivity index (χ0v) is 25.8. The first-order valence-electron chi connectivity index (χ1n) is 13.1. The van der Waals surface area contributed by atoms with Crippen LogP contribution in [0.3, 0.4) is 0 Å². The van der Waals surface area contributed by atoms with Crippen LogP contribution in [0.1, 0.15) is 53.9 Å². The van der Waals surface area contributed by atoms with Gasteiger partial charge >= 0.3 is 5.97 Å². The monoisotopic (exact) mass is 568 g/mol. The third-order valence-electron chi connectivity index (χ3n) is 6.35. The Balaban J connectivity index is 2.42. The number of allylic oxidation sites excluding steroid dienone is 1. The van der Waals surface area contributed by atoms with Crippen LogP contribution in [0.4, 0.5) is 5.69 Å². The number of carbonyl (C=O) groups is 3. The van der Waals surface area contributed by atoms with Gasteiger partial charge in [-0.25, -0.2) is 10.0 Å². The molecule has 0 aliphatic carbocycles. The average Bonchev–Trinajstić information content (AvgIpc) is 2.79. The average molecular weight is 569 g/mol. The van der Waals surface area contributed by atoms with Gasteiger partial charge in [-0.15, -0.1) is 0 Å². The normalized spacial score (nSPS) is 19.3. The van der Waals surface area contributed by atoms with Gasteiger partial charge in [0.2, 0.25) is 11.8 Å². The van der Waals surface area contributed by atoms with E-state index in [2.05, 4.69) is 18.8 Å². The molecule has 214 valence electrons. The molecule has 7 nitrogen and oxygen atoms in total. The summed E-state index contributed by atoms with van der Waals surface area (Å²) in [6.45, 7) is 9.68. The molecule has 1 aromatic rings. The van der Waals surface area contributed by atoms with E-state index in [1.54, 1.807) is 43.9 Å². The highest BCUT2D eigenvalue weighted by molar-refractivity contribution is 8.32. The van der Waals surface area contributed by atoms with Gasteiger partial charge in [-0.3, -0.25) is 19.3 Å². The third-order valence-corrected chi connectivity index (χ3v) is 7.97. The minimum Gasteiger partial charge on any atom is -0.459 e. The number of nitrogens with zero attached hydrogens (tertiary/aromatic N) is 2. The summed E-state index contributed by atoms with van der Waals surface area (Å²) in [5.74, 6) is -0.425. The van der Waals surface area contributed by atoms with Crippen LogP contribution in [-0.2, 0) is 23.9 Å². The topological polar surface area (TPSA) is 76.2 Å². The van der Waals surface area contributed by atoms with Crippen molar-refractivity contribution < 1.29 is 23.9 Å². The minimum absolute atomic E-state index is 0.0786. The van der Waals surface area contributed by atoms with Crippen molar-refractivity contribution in [3.8, 4) is 0 Å². The van der Waals surface area contributed by atoms with Crippen LogP contribution >= 0.6 is 21.6 Å². The van der Waals surface area contributed by atoms with Gasteiger partial charge in [-0.2, -0.15) is 0 Å². The molecule has 1 aromatic carbocycles. The second kappa shape index (κ2) is 13.9. The largest absolute Gasteiger partial charge is 0.459 e. The molecule has 2 atom stereocenters. The molecule has 0 aromatic heterocycles. The van der Waals surface area contributed by atoms with Crippen molar-refractivity contribution in [3.05, 3.63) is 40.9 Å². The molecular formula is C29H45ClN2O5S. The minimum atomic E-state index is -0.744. The van der Waals surface area contributed by atoms with E-state index in [0.29, 0.717) is 30.2 Å². The molecular weight excluding hydrogens is 524 g/mol. The molecule has 38 heavy (non-hydrogen) atoms. The molecule has 0 bridgehead atoms. The maximum Gasteiger partial charge on any atom is 0.326 e. The van der Waals surface area contributed by atoms with Crippen molar-refractivity contribution in [1.29, 1.82) is 0 Å². The summed E-state index contributed by atoms with van der Waals surface area (Å²) >= 11 is 6.29. The van der Waals surface area contributed by atoms with E-state index in [-0.39, 0.29) is 31.5 Å². The first kappa shape index (κ1) is 32.2. The number of halogens is 1. The highest BCUT2D eigenvalue weighted by atomic mass is 35.5. The number of hydrogen-bond acceptors (Lipinski definition) is 5. The number of ether oxygens (including phenoxy) is 2. The number of rotatable bonds is 11. The van der Waals surface area contributed by atoms with Gasteiger partial charge < -0.3 is 14.4 Å². The van der Waals surface area contributed by atoms with E-state index in [9.17, 15) is 14.4 Å². The van der Waals surface area contributed by atoms with Crippen LogP contribution in [0.15, 0.2) is 35.9 Å². The lowest BCUT2D eigenvalue weighted by Gasteiger charge is -2.43. The van der Waals surface area contributed by atoms with Crippen molar-refractivity contribution >= 4 is 45.1 Å². The molecule has 9 heteroatoms. The summed E-state index contributed by atoms with van der Waals surface area (Å²) in [5.41, 5.74) is 0.895. The standard InChI is InChI=1S/C29H45ClN2O5S/c1-9-21(10-2)27-24(14-15-25(33)31(27)19-26(34)37-29(3,4)5)28(35)32(20-36-16-17-38(6,7)8)23-13-11-12-22(30)18-23/h9,11-13,18,24,27H,10,14-17,19-20H2,1-8H3/b21-9+/t24?,27-/m1/s1. The van der Waals surface area contributed by atoms with Crippen LogP contribution in [0.25, 0.3) is 0 Å². The first-order chi connectivity index (χ1) is 17.7. The number of carbonyl (C=O) groups excluding carboxylic acids is 3. The summed E-state index contributed by atoms with van der Waals surface area (Å²) in [6.07, 6.45) is 9.82. The molecule has 1 heterocycles. The Morgan fingerprint density at radius 2 is 1.92 bits per heavy atom. The van der Waals surface area contributed by atoms with Crippen molar-refractivity contribution in [2.45, 2.75) is 65.5 Å². The second-order valence-electron chi connectivity index (χ2n) is 11.5. The highest BCUT2D eigenvalue weighted by Crippen LogP contribution is 2.35. The molecule has 1 saturated heterocycles. The quantitative estimate of drug-likeness (QED) is 0.149. The van der Waals surface area contributed by atoms with Crippen molar-refractivity contribution in [2.75, 3.05) is 49.3 Å². The lowest BCUT2D eigenvalue weighted by Crippen LogP contribution is -2.56. The molecule has 0 saturated carbocycles. The Kier molecular flexibility index (Phi) is 11.7. The Bertz CT molecular complexity index is 1010. The first-order valence-corrected chi connectivity index (χ1v) is 16.5. The zero-order valence-electron chi connectivity index (χ0n) is 24.2. The fourth-order valence-corrected chi connectivity index (χ4v) is 5.33. The molecule has 0 radical (unpaired) electrons. The predicted octanol–water partition coefficient (Wildman–Crippen LogP) is 5.65. The van der Waals surface area contributed by atoms with Crippen molar-refractivity contribution in [1.82, 2.24) is 4.90 Å². The molecule has 0 N–H and O–H groups in total. The molecule has 0 spiro atoms. The molecule has 1 unspecified atom stereocenters. The van der Waals surface area contributed by atoms with Gasteiger partial charge in [-0.05, 0) is 77.5 Å². The van der Waals surface area contributed by atoms with Crippen LogP contribution in [0.2, 0.25) is 5.02 Å². The smallest absolute Gasteiger partial charge is 0.326 e. The maximum atomic E-state index is 14.2. The number of benzene rings is 1. The van der Waals surface area contributed by atoms with E-state index in [4.69, 9.17) is 21.1 Å².